The van der Waals surface area contributed by atoms with E-state index in [0.29, 0.717) is 5.75 Å². The summed E-state index contributed by atoms with van der Waals surface area (Å²) in [7, 11) is 0. The summed E-state index contributed by atoms with van der Waals surface area (Å²) in [4.78, 5) is 13.1. The zero-order chi connectivity index (χ0) is 16.7. The summed E-state index contributed by atoms with van der Waals surface area (Å²) in [6.07, 6.45) is 4.27. The van der Waals surface area contributed by atoms with E-state index in [2.05, 4.69) is 11.8 Å². The van der Waals surface area contributed by atoms with Crippen LogP contribution in [0.15, 0.2) is 24.3 Å². The summed E-state index contributed by atoms with van der Waals surface area (Å²) in [5, 5.41) is 18.6. The first kappa shape index (κ1) is 17.8. The minimum atomic E-state index is -0.972. The van der Waals surface area contributed by atoms with Gasteiger partial charge in [-0.15, -0.1) is 0 Å². The molecule has 23 heavy (non-hydrogen) atoms. The van der Waals surface area contributed by atoms with Gasteiger partial charge in [0.1, 0.15) is 5.75 Å². The van der Waals surface area contributed by atoms with Gasteiger partial charge in [0.25, 0.3) is 0 Å². The van der Waals surface area contributed by atoms with E-state index in [0.717, 1.165) is 50.9 Å². The first-order valence-electron chi connectivity index (χ1n) is 8.34. The number of aliphatic hydroxyl groups excluding tert-OH is 1. The quantitative estimate of drug-likeness (QED) is 0.770. The number of aliphatic hydroxyl groups is 1. The van der Waals surface area contributed by atoms with Crippen molar-refractivity contribution in [3.8, 4) is 5.75 Å². The van der Waals surface area contributed by atoms with Crippen molar-refractivity contribution in [2.75, 3.05) is 26.3 Å². The average molecular weight is 321 g/mol. The molecule has 0 amide bonds. The van der Waals surface area contributed by atoms with Crippen molar-refractivity contribution in [3.63, 3.8) is 0 Å². The number of benzene rings is 1. The molecular formula is C18H27NO4. The lowest BCUT2D eigenvalue weighted by atomic mass is 9.77. The topological polar surface area (TPSA) is 70.0 Å². The second-order valence-corrected chi connectivity index (χ2v) is 6.51. The molecule has 0 aromatic heterocycles. The van der Waals surface area contributed by atoms with Crippen LogP contribution in [-0.2, 0) is 11.3 Å². The standard InChI is InChI=1S/C18H27NO4/c1-2-8-18(14-20)9-5-10-19(13-18)11-15-6-3-4-7-16(15)23-12-17(21)22/h3-4,6-7,20H,2,5,8-14H2,1H3,(H,21,22). The number of carboxylic acid groups (broad SMARTS) is 1. The Labute approximate surface area is 137 Å². The van der Waals surface area contributed by atoms with E-state index < -0.39 is 5.97 Å². The van der Waals surface area contributed by atoms with Gasteiger partial charge in [-0.25, -0.2) is 4.79 Å². The fourth-order valence-corrected chi connectivity index (χ4v) is 3.54. The van der Waals surface area contributed by atoms with Gasteiger partial charge >= 0.3 is 5.97 Å². The number of hydrogen-bond donors (Lipinski definition) is 2. The largest absolute Gasteiger partial charge is 0.482 e. The highest BCUT2D eigenvalue weighted by Crippen LogP contribution is 2.35. The first-order chi connectivity index (χ1) is 11.1. The number of likely N-dealkylation sites (tertiary alicyclic amines) is 1. The number of piperidine rings is 1. The molecule has 128 valence electrons. The Kier molecular flexibility index (Phi) is 6.42. The third kappa shape index (κ3) is 4.94. The highest BCUT2D eigenvalue weighted by molar-refractivity contribution is 5.68. The molecule has 2 N–H and O–H groups in total. The zero-order valence-electron chi connectivity index (χ0n) is 13.8. The van der Waals surface area contributed by atoms with Gasteiger partial charge in [0.05, 0.1) is 0 Å². The van der Waals surface area contributed by atoms with Crippen LogP contribution in [0.5, 0.6) is 5.75 Å². The van der Waals surface area contributed by atoms with E-state index >= 15 is 0 Å². The summed E-state index contributed by atoms with van der Waals surface area (Å²) >= 11 is 0. The third-order valence-corrected chi connectivity index (χ3v) is 4.57. The van der Waals surface area contributed by atoms with Crippen LogP contribution in [-0.4, -0.2) is 47.4 Å². The fourth-order valence-electron chi connectivity index (χ4n) is 3.54. The molecular weight excluding hydrogens is 294 g/mol. The van der Waals surface area contributed by atoms with Crippen LogP contribution in [0, 0.1) is 5.41 Å². The predicted octanol–water partition coefficient (Wildman–Crippen LogP) is 2.52. The number of hydrogen-bond acceptors (Lipinski definition) is 4. The van der Waals surface area contributed by atoms with Crippen LogP contribution in [0.1, 0.15) is 38.2 Å². The Hall–Kier alpha value is -1.59. The Bertz CT molecular complexity index is 515. The Morgan fingerprint density at radius 1 is 1.39 bits per heavy atom. The maximum absolute atomic E-state index is 10.7. The van der Waals surface area contributed by atoms with Gasteiger partial charge < -0.3 is 14.9 Å². The Balaban J connectivity index is 2.05. The summed E-state index contributed by atoms with van der Waals surface area (Å²) in [5.74, 6) is -0.342. The van der Waals surface area contributed by atoms with Gasteiger partial charge in [-0.05, 0) is 31.9 Å². The predicted molar refractivity (Wildman–Crippen MR) is 88.5 cm³/mol. The molecule has 1 aromatic rings. The van der Waals surface area contributed by atoms with E-state index in [4.69, 9.17) is 9.84 Å². The van der Waals surface area contributed by atoms with Crippen molar-refractivity contribution in [1.82, 2.24) is 4.90 Å². The molecule has 1 unspecified atom stereocenters. The Morgan fingerprint density at radius 2 is 2.17 bits per heavy atom. The lowest BCUT2D eigenvalue weighted by Crippen LogP contribution is -2.44. The SMILES string of the molecule is CCCC1(CO)CCCN(Cc2ccccc2OCC(=O)O)C1. The molecule has 0 saturated carbocycles. The van der Waals surface area contributed by atoms with Crippen LogP contribution < -0.4 is 4.74 Å². The molecule has 1 aliphatic heterocycles. The van der Waals surface area contributed by atoms with E-state index in [9.17, 15) is 9.90 Å². The third-order valence-electron chi connectivity index (χ3n) is 4.57. The number of ether oxygens (including phenoxy) is 1. The van der Waals surface area contributed by atoms with Crippen molar-refractivity contribution in [2.24, 2.45) is 5.41 Å². The van der Waals surface area contributed by atoms with Crippen LogP contribution in [0.3, 0.4) is 0 Å². The van der Waals surface area contributed by atoms with Crippen molar-refractivity contribution in [2.45, 2.75) is 39.2 Å². The van der Waals surface area contributed by atoms with Gasteiger partial charge in [-0.2, -0.15) is 0 Å². The van der Waals surface area contributed by atoms with E-state index in [1.165, 1.54) is 0 Å². The molecule has 1 heterocycles. The minimum absolute atomic E-state index is 0.00383. The number of para-hydroxylation sites is 1. The molecule has 1 saturated heterocycles. The van der Waals surface area contributed by atoms with Crippen LogP contribution >= 0.6 is 0 Å². The van der Waals surface area contributed by atoms with Crippen LogP contribution in [0.4, 0.5) is 0 Å². The maximum atomic E-state index is 10.7. The Morgan fingerprint density at radius 3 is 2.87 bits per heavy atom. The summed E-state index contributed by atoms with van der Waals surface area (Å²) in [6.45, 7) is 4.66. The van der Waals surface area contributed by atoms with Crippen LogP contribution in [0.25, 0.3) is 0 Å². The molecule has 1 fully saturated rings. The van der Waals surface area contributed by atoms with Crippen molar-refractivity contribution < 1.29 is 19.7 Å². The van der Waals surface area contributed by atoms with Gasteiger partial charge in [0.2, 0.25) is 0 Å². The molecule has 0 spiro atoms. The number of carbonyl (C=O) groups is 1. The molecule has 0 aliphatic carbocycles. The molecule has 0 radical (unpaired) electrons. The second-order valence-electron chi connectivity index (χ2n) is 6.51. The van der Waals surface area contributed by atoms with Gasteiger partial charge in [0.15, 0.2) is 6.61 Å². The number of aliphatic carboxylic acids is 1. The average Bonchev–Trinajstić information content (AvgIpc) is 2.54. The van der Waals surface area contributed by atoms with Crippen molar-refractivity contribution >= 4 is 5.97 Å². The number of carboxylic acids is 1. The molecule has 2 rings (SSSR count). The monoisotopic (exact) mass is 321 g/mol. The minimum Gasteiger partial charge on any atom is -0.482 e. The smallest absolute Gasteiger partial charge is 0.341 e. The van der Waals surface area contributed by atoms with Gasteiger partial charge in [0, 0.05) is 30.7 Å². The second kappa shape index (κ2) is 8.31. The van der Waals surface area contributed by atoms with E-state index in [1.807, 2.05) is 24.3 Å². The first-order valence-corrected chi connectivity index (χ1v) is 8.34. The van der Waals surface area contributed by atoms with Crippen molar-refractivity contribution in [1.29, 1.82) is 0 Å². The fraction of sp³-hybridized carbons (Fsp3) is 0.611. The molecule has 1 aromatic carbocycles. The zero-order valence-corrected chi connectivity index (χ0v) is 13.8. The van der Waals surface area contributed by atoms with E-state index in [-0.39, 0.29) is 18.6 Å². The summed E-state index contributed by atoms with van der Waals surface area (Å²) < 4.78 is 5.39. The van der Waals surface area contributed by atoms with Gasteiger partial charge in [-0.1, -0.05) is 31.5 Å². The highest BCUT2D eigenvalue weighted by Gasteiger charge is 2.34. The van der Waals surface area contributed by atoms with Gasteiger partial charge in [-0.3, -0.25) is 4.90 Å². The number of nitrogens with zero attached hydrogens (tertiary/aromatic N) is 1. The normalized spacial score (nSPS) is 22.0. The lowest BCUT2D eigenvalue weighted by Gasteiger charge is -2.42. The molecule has 1 aliphatic rings. The summed E-state index contributed by atoms with van der Waals surface area (Å²) in [5.41, 5.74) is 1.00. The van der Waals surface area contributed by atoms with E-state index in [1.54, 1.807) is 0 Å². The molecule has 5 nitrogen and oxygen atoms in total. The molecule has 1 atom stereocenters. The summed E-state index contributed by atoms with van der Waals surface area (Å²) in [6, 6.07) is 7.59. The molecule has 5 heteroatoms. The van der Waals surface area contributed by atoms with Crippen molar-refractivity contribution in [3.05, 3.63) is 29.8 Å². The van der Waals surface area contributed by atoms with Crippen LogP contribution in [0.2, 0.25) is 0 Å². The molecule has 0 bridgehead atoms. The maximum Gasteiger partial charge on any atom is 0.341 e. The number of rotatable bonds is 8. The lowest BCUT2D eigenvalue weighted by molar-refractivity contribution is -0.139. The highest BCUT2D eigenvalue weighted by atomic mass is 16.5.